The van der Waals surface area contributed by atoms with Crippen LogP contribution in [0.25, 0.3) is 0 Å². The molecule has 0 fully saturated rings. The molecule has 2 rings (SSSR count). The Kier molecular flexibility index (Phi) is 2.19. The molecule has 1 nitrogen and oxygen atoms in total. The topological polar surface area (TPSA) is 12.4 Å². The van der Waals surface area contributed by atoms with E-state index in [0.29, 0.717) is 15.4 Å². The molecule has 0 saturated carbocycles. The maximum Gasteiger partial charge on any atom is 0.145 e. The largest absolute Gasteiger partial charge is 0.227 e. The van der Waals surface area contributed by atoms with E-state index in [1.54, 1.807) is 0 Å². The first-order valence-electron chi connectivity index (χ1n) is 3.66. The van der Waals surface area contributed by atoms with Gasteiger partial charge in [0.05, 0.1) is 5.03 Å². The molecule has 2 unspecified atom stereocenters. The average Bonchev–Trinajstić information content (AvgIpc) is 2.48. The van der Waals surface area contributed by atoms with E-state index >= 15 is 0 Å². The number of halogens is 3. The Balaban J connectivity index is 2.42. The first kappa shape index (κ1) is 8.61. The fourth-order valence-corrected chi connectivity index (χ4v) is 2.38. The summed E-state index contributed by atoms with van der Waals surface area (Å²) in [7, 11) is 0. The molecular weight excluding hydrogens is 216 g/mol. The molecule has 0 N–H and O–H groups in total. The van der Waals surface area contributed by atoms with Gasteiger partial charge in [-0.3, -0.25) is 0 Å². The second kappa shape index (κ2) is 3.06. The number of allylic oxidation sites excluding steroid dienone is 3. The van der Waals surface area contributed by atoms with Gasteiger partial charge in [-0.05, 0) is 6.42 Å². The van der Waals surface area contributed by atoms with Crippen LogP contribution in [0.2, 0.25) is 0 Å². The van der Waals surface area contributed by atoms with Crippen molar-refractivity contribution in [2.75, 3.05) is 0 Å². The number of fused-ring (bicyclic) bond motifs is 1. The van der Waals surface area contributed by atoms with Gasteiger partial charge in [0, 0.05) is 11.8 Å². The van der Waals surface area contributed by atoms with Crippen LogP contribution in [0.4, 0.5) is 0 Å². The summed E-state index contributed by atoms with van der Waals surface area (Å²) >= 11 is 17.7. The number of nitrogens with zero attached hydrogens (tertiary/aromatic N) is 1. The van der Waals surface area contributed by atoms with Crippen LogP contribution in [-0.2, 0) is 0 Å². The molecule has 0 aromatic carbocycles. The predicted molar refractivity (Wildman–Crippen MR) is 52.8 cm³/mol. The Hall–Kier alpha value is 0.0200. The van der Waals surface area contributed by atoms with Gasteiger partial charge in [-0.1, -0.05) is 47.0 Å². The standard InChI is InChI=1S/C8H6Cl3N/c9-6-4-2-1-3-5(4)7(10)12-8(6)11/h1,3-5H,2H2. The predicted octanol–water partition coefficient (Wildman–Crippen LogP) is 3.48. The van der Waals surface area contributed by atoms with Crippen molar-refractivity contribution in [2.24, 2.45) is 16.8 Å². The van der Waals surface area contributed by atoms with Gasteiger partial charge in [0.1, 0.15) is 10.3 Å². The fraction of sp³-hybridized carbons (Fsp3) is 0.375. The van der Waals surface area contributed by atoms with Crippen molar-refractivity contribution in [1.29, 1.82) is 0 Å². The Morgan fingerprint density at radius 3 is 2.83 bits per heavy atom. The van der Waals surface area contributed by atoms with E-state index in [0.717, 1.165) is 6.42 Å². The molecule has 0 aromatic heterocycles. The lowest BCUT2D eigenvalue weighted by molar-refractivity contribution is 0.611. The van der Waals surface area contributed by atoms with Crippen LogP contribution in [0.5, 0.6) is 0 Å². The summed E-state index contributed by atoms with van der Waals surface area (Å²) in [6.45, 7) is 0. The van der Waals surface area contributed by atoms with E-state index < -0.39 is 0 Å². The first-order valence-corrected chi connectivity index (χ1v) is 4.79. The Bertz CT molecular complexity index is 303. The lowest BCUT2D eigenvalue weighted by atomic mass is 9.95. The molecule has 12 heavy (non-hydrogen) atoms. The van der Waals surface area contributed by atoms with Crippen molar-refractivity contribution < 1.29 is 0 Å². The smallest absolute Gasteiger partial charge is 0.145 e. The zero-order chi connectivity index (χ0) is 8.72. The zero-order valence-corrected chi connectivity index (χ0v) is 8.37. The molecule has 1 aliphatic carbocycles. The van der Waals surface area contributed by atoms with Crippen LogP contribution in [0.1, 0.15) is 6.42 Å². The molecule has 64 valence electrons. The summed E-state index contributed by atoms with van der Waals surface area (Å²) in [5, 5.41) is 1.52. The zero-order valence-electron chi connectivity index (χ0n) is 6.10. The maximum absolute atomic E-state index is 5.98. The Labute approximate surface area is 85.7 Å². The van der Waals surface area contributed by atoms with Crippen LogP contribution < -0.4 is 0 Å². The summed E-state index contributed by atoms with van der Waals surface area (Å²) in [5.74, 6) is 0.380. The van der Waals surface area contributed by atoms with E-state index in [2.05, 4.69) is 11.1 Å². The van der Waals surface area contributed by atoms with Crippen LogP contribution in [0, 0.1) is 11.8 Å². The molecule has 2 atom stereocenters. The fourth-order valence-electron chi connectivity index (χ4n) is 1.53. The normalized spacial score (nSPS) is 33.8. The highest BCUT2D eigenvalue weighted by Crippen LogP contribution is 2.41. The van der Waals surface area contributed by atoms with Crippen molar-refractivity contribution in [3.05, 3.63) is 22.3 Å². The summed E-state index contributed by atoms with van der Waals surface area (Å²) in [4.78, 5) is 3.95. The van der Waals surface area contributed by atoms with Gasteiger partial charge in [0.25, 0.3) is 0 Å². The second-order valence-electron chi connectivity index (χ2n) is 2.87. The third kappa shape index (κ3) is 1.20. The van der Waals surface area contributed by atoms with Gasteiger partial charge in [0.15, 0.2) is 0 Å². The minimum Gasteiger partial charge on any atom is -0.227 e. The second-order valence-corrected chi connectivity index (χ2v) is 4.02. The number of hydrogen-bond acceptors (Lipinski definition) is 1. The molecule has 1 heterocycles. The van der Waals surface area contributed by atoms with Gasteiger partial charge < -0.3 is 0 Å². The molecule has 1 aliphatic heterocycles. The minimum atomic E-state index is 0.154. The van der Waals surface area contributed by atoms with Crippen LogP contribution in [0.3, 0.4) is 0 Å². The van der Waals surface area contributed by atoms with Crippen molar-refractivity contribution in [3.63, 3.8) is 0 Å². The molecule has 0 amide bonds. The van der Waals surface area contributed by atoms with Crippen LogP contribution in [-0.4, -0.2) is 5.17 Å². The highest BCUT2D eigenvalue weighted by atomic mass is 35.5. The molecule has 0 bridgehead atoms. The molecular formula is C8H6Cl3N. The first-order chi connectivity index (χ1) is 5.70. The van der Waals surface area contributed by atoms with E-state index in [-0.39, 0.29) is 11.8 Å². The van der Waals surface area contributed by atoms with Gasteiger partial charge in [-0.25, -0.2) is 4.99 Å². The van der Waals surface area contributed by atoms with Gasteiger partial charge >= 0.3 is 0 Å². The molecule has 0 saturated heterocycles. The third-order valence-corrected chi connectivity index (χ3v) is 3.35. The highest BCUT2D eigenvalue weighted by molar-refractivity contribution is 6.67. The van der Waals surface area contributed by atoms with Crippen LogP contribution >= 0.6 is 34.8 Å². The van der Waals surface area contributed by atoms with E-state index in [1.165, 1.54) is 0 Å². The Morgan fingerprint density at radius 2 is 2.08 bits per heavy atom. The number of rotatable bonds is 0. The van der Waals surface area contributed by atoms with E-state index in [9.17, 15) is 0 Å². The SMILES string of the molecule is ClC1=NC(Cl)=C(Cl)C2CC=CC12. The van der Waals surface area contributed by atoms with E-state index in [4.69, 9.17) is 34.8 Å². The monoisotopic (exact) mass is 221 g/mol. The lowest BCUT2D eigenvalue weighted by Crippen LogP contribution is -2.19. The summed E-state index contributed by atoms with van der Waals surface area (Å²) in [6.07, 6.45) is 5.00. The highest BCUT2D eigenvalue weighted by Gasteiger charge is 2.33. The lowest BCUT2D eigenvalue weighted by Gasteiger charge is -2.21. The summed E-state index contributed by atoms with van der Waals surface area (Å²) in [6, 6.07) is 0. The molecule has 0 spiro atoms. The van der Waals surface area contributed by atoms with Crippen molar-refractivity contribution >= 4 is 40.0 Å². The number of aliphatic imine (C=N–C) groups is 1. The molecule has 0 aromatic rings. The van der Waals surface area contributed by atoms with Gasteiger partial charge in [-0.2, -0.15) is 0 Å². The molecule has 4 heteroatoms. The van der Waals surface area contributed by atoms with Crippen molar-refractivity contribution in [3.8, 4) is 0 Å². The summed E-state index contributed by atoms with van der Waals surface area (Å²) < 4.78 is 0. The van der Waals surface area contributed by atoms with Gasteiger partial charge in [-0.15, -0.1) is 0 Å². The van der Waals surface area contributed by atoms with Crippen LogP contribution in [0.15, 0.2) is 27.3 Å². The third-order valence-electron chi connectivity index (χ3n) is 2.17. The van der Waals surface area contributed by atoms with E-state index in [1.807, 2.05) is 6.08 Å². The average molecular weight is 223 g/mol. The summed E-state index contributed by atoms with van der Waals surface area (Å²) in [5.41, 5.74) is 0. The molecule has 0 radical (unpaired) electrons. The maximum atomic E-state index is 5.98. The quantitative estimate of drug-likeness (QED) is 0.440. The number of hydrogen-bond donors (Lipinski definition) is 0. The van der Waals surface area contributed by atoms with Gasteiger partial charge in [0.2, 0.25) is 0 Å². The Morgan fingerprint density at radius 1 is 1.33 bits per heavy atom. The molecule has 2 aliphatic rings. The van der Waals surface area contributed by atoms with Crippen molar-refractivity contribution in [2.45, 2.75) is 6.42 Å². The minimum absolute atomic E-state index is 0.154. The van der Waals surface area contributed by atoms with Crippen molar-refractivity contribution in [1.82, 2.24) is 0 Å².